The van der Waals surface area contributed by atoms with E-state index < -0.39 is 0 Å². The first-order valence-electron chi connectivity index (χ1n) is 9.02. The summed E-state index contributed by atoms with van der Waals surface area (Å²) < 4.78 is 8.36. The van der Waals surface area contributed by atoms with Gasteiger partial charge in [-0.15, -0.1) is 0 Å². The lowest BCUT2D eigenvalue weighted by Crippen LogP contribution is -2.33. The first-order chi connectivity index (χ1) is 14.0. The van der Waals surface area contributed by atoms with Crippen molar-refractivity contribution in [3.63, 3.8) is 0 Å². The molecule has 2 atom stereocenters. The molecule has 5 rings (SSSR count). The number of hydrogen-bond acceptors (Lipinski definition) is 3. The molecule has 0 amide bonds. The Hall–Kier alpha value is -1.53. The molecule has 29 heavy (non-hydrogen) atoms. The Balaban J connectivity index is 1.62. The highest BCUT2D eigenvalue weighted by atomic mass is 79.9. The van der Waals surface area contributed by atoms with Gasteiger partial charge in [-0.1, -0.05) is 63.4 Å². The Bertz CT molecular complexity index is 1120. The molecule has 0 aliphatic carbocycles. The smallest absolute Gasteiger partial charge is 0.213 e. The molecule has 3 nitrogen and oxygen atoms in total. The Labute approximate surface area is 195 Å². The molecule has 0 fully saturated rings. The van der Waals surface area contributed by atoms with Gasteiger partial charge in [0.2, 0.25) is 6.23 Å². The van der Waals surface area contributed by atoms with E-state index in [9.17, 15) is 0 Å². The van der Waals surface area contributed by atoms with Crippen LogP contribution in [0.2, 0.25) is 10.0 Å². The fourth-order valence-corrected chi connectivity index (χ4v) is 5.38. The van der Waals surface area contributed by atoms with Gasteiger partial charge in [0.05, 0.1) is 16.2 Å². The highest BCUT2D eigenvalue weighted by molar-refractivity contribution is 9.11. The normalized spacial score (nSPS) is 20.0. The molecule has 0 bridgehead atoms. The average molecular weight is 553 g/mol. The molecule has 7 heteroatoms. The van der Waals surface area contributed by atoms with Crippen LogP contribution in [-0.4, -0.2) is 10.7 Å². The van der Waals surface area contributed by atoms with Crippen molar-refractivity contribution >= 4 is 60.8 Å². The van der Waals surface area contributed by atoms with Crippen LogP contribution in [0.1, 0.15) is 35.4 Å². The van der Waals surface area contributed by atoms with E-state index >= 15 is 0 Å². The third kappa shape index (κ3) is 3.59. The Morgan fingerprint density at radius 3 is 2.28 bits per heavy atom. The zero-order valence-electron chi connectivity index (χ0n) is 14.9. The van der Waals surface area contributed by atoms with Crippen molar-refractivity contribution in [3.05, 3.63) is 96.3 Å². The fraction of sp³-hybridized carbons (Fsp3) is 0.136. The van der Waals surface area contributed by atoms with Gasteiger partial charge in [0.25, 0.3) is 0 Å². The second kappa shape index (κ2) is 7.62. The fourth-order valence-electron chi connectivity index (χ4n) is 3.78. The summed E-state index contributed by atoms with van der Waals surface area (Å²) >= 11 is 19.4. The molecular formula is C22H14Br2Cl2N2O. The van der Waals surface area contributed by atoms with Gasteiger partial charge in [0.1, 0.15) is 5.75 Å². The van der Waals surface area contributed by atoms with E-state index in [1.807, 2.05) is 59.6 Å². The molecule has 0 saturated carbocycles. The van der Waals surface area contributed by atoms with Gasteiger partial charge in [-0.25, -0.2) is 5.01 Å². The van der Waals surface area contributed by atoms with E-state index in [0.717, 1.165) is 43.5 Å². The maximum atomic E-state index is 6.45. The van der Waals surface area contributed by atoms with Crippen molar-refractivity contribution in [1.82, 2.24) is 5.01 Å². The maximum Gasteiger partial charge on any atom is 0.213 e. The molecule has 3 aromatic carbocycles. The molecule has 0 spiro atoms. The predicted molar refractivity (Wildman–Crippen MR) is 124 cm³/mol. The topological polar surface area (TPSA) is 24.8 Å². The van der Waals surface area contributed by atoms with Crippen LogP contribution in [0.25, 0.3) is 0 Å². The van der Waals surface area contributed by atoms with Gasteiger partial charge in [-0.05, 0) is 57.9 Å². The molecule has 0 saturated heterocycles. The van der Waals surface area contributed by atoms with E-state index in [-0.39, 0.29) is 12.3 Å². The van der Waals surface area contributed by atoms with E-state index in [2.05, 4.69) is 37.9 Å². The van der Waals surface area contributed by atoms with E-state index in [0.29, 0.717) is 10.0 Å². The molecule has 3 aromatic rings. The third-order valence-electron chi connectivity index (χ3n) is 5.14. The van der Waals surface area contributed by atoms with Crippen molar-refractivity contribution in [3.8, 4) is 5.75 Å². The Kier molecular flexibility index (Phi) is 5.11. The zero-order chi connectivity index (χ0) is 20.1. The summed E-state index contributed by atoms with van der Waals surface area (Å²) in [5, 5.41) is 8.42. The van der Waals surface area contributed by atoms with Crippen LogP contribution in [-0.2, 0) is 0 Å². The van der Waals surface area contributed by atoms with Crippen LogP contribution in [0.4, 0.5) is 0 Å². The van der Waals surface area contributed by atoms with Crippen LogP contribution in [0.3, 0.4) is 0 Å². The van der Waals surface area contributed by atoms with Crippen molar-refractivity contribution in [2.24, 2.45) is 5.10 Å². The minimum Gasteiger partial charge on any atom is -0.463 e. The first kappa shape index (κ1) is 19.4. The highest BCUT2D eigenvalue weighted by Crippen LogP contribution is 2.50. The molecule has 2 heterocycles. The SMILES string of the molecule is Clc1ccc(C2=NN3[C@@H](C2)c2cc(Br)cc(Br)c2O[C@H]3c2ccc(Cl)cc2)cc1. The summed E-state index contributed by atoms with van der Waals surface area (Å²) in [6, 6.07) is 19.7. The Morgan fingerprint density at radius 2 is 1.59 bits per heavy atom. The molecule has 2 aliphatic heterocycles. The van der Waals surface area contributed by atoms with Crippen molar-refractivity contribution in [1.29, 1.82) is 0 Å². The number of hydrazone groups is 1. The second-order valence-corrected chi connectivity index (χ2v) is 9.62. The summed E-state index contributed by atoms with van der Waals surface area (Å²) in [7, 11) is 0. The van der Waals surface area contributed by atoms with Crippen LogP contribution in [0.15, 0.2) is 74.7 Å². The second-order valence-electron chi connectivity index (χ2n) is 6.98. The molecule has 0 N–H and O–H groups in total. The van der Waals surface area contributed by atoms with Gasteiger partial charge in [0, 0.05) is 32.1 Å². The molecule has 146 valence electrons. The minimum absolute atomic E-state index is 0.0684. The molecule has 0 unspecified atom stereocenters. The zero-order valence-corrected chi connectivity index (χ0v) is 19.6. The largest absolute Gasteiger partial charge is 0.463 e. The van der Waals surface area contributed by atoms with Crippen molar-refractivity contribution in [2.45, 2.75) is 18.7 Å². The van der Waals surface area contributed by atoms with E-state index in [1.165, 1.54) is 0 Å². The quantitative estimate of drug-likeness (QED) is 0.324. The number of benzene rings is 3. The number of halogens is 4. The van der Waals surface area contributed by atoms with E-state index in [4.69, 9.17) is 33.0 Å². The van der Waals surface area contributed by atoms with Gasteiger partial charge in [0.15, 0.2) is 0 Å². The maximum absolute atomic E-state index is 6.45. The third-order valence-corrected chi connectivity index (χ3v) is 6.69. The van der Waals surface area contributed by atoms with Gasteiger partial charge in [-0.2, -0.15) is 5.10 Å². The lowest BCUT2D eigenvalue weighted by Gasteiger charge is -2.38. The number of hydrogen-bond donors (Lipinski definition) is 0. The number of rotatable bonds is 2. The summed E-state index contributed by atoms with van der Waals surface area (Å²) in [5.41, 5.74) is 4.18. The summed E-state index contributed by atoms with van der Waals surface area (Å²) in [6.07, 6.45) is 0.442. The molecule has 2 aliphatic rings. The minimum atomic E-state index is -0.341. The molecule has 0 radical (unpaired) electrons. The standard InChI is InChI=1S/C22H14Br2Cl2N2O/c23-14-9-17-20-11-19(12-1-5-15(25)6-2-12)27-28(20)22(29-21(17)18(24)10-14)13-3-7-16(26)8-4-13/h1-10,20,22H,11H2/t20-,22-/m0/s1. The van der Waals surface area contributed by atoms with Crippen molar-refractivity contribution < 1.29 is 4.74 Å². The number of fused-ring (bicyclic) bond motifs is 3. The molecule has 0 aromatic heterocycles. The average Bonchev–Trinajstić information content (AvgIpc) is 3.14. The molecular weight excluding hydrogens is 539 g/mol. The van der Waals surface area contributed by atoms with Crippen LogP contribution in [0, 0.1) is 0 Å². The van der Waals surface area contributed by atoms with E-state index in [1.54, 1.807) is 0 Å². The van der Waals surface area contributed by atoms with Crippen LogP contribution < -0.4 is 4.74 Å². The van der Waals surface area contributed by atoms with Crippen LogP contribution >= 0.6 is 55.1 Å². The summed E-state index contributed by atoms with van der Waals surface area (Å²) in [6.45, 7) is 0. The van der Waals surface area contributed by atoms with Gasteiger partial charge < -0.3 is 4.74 Å². The predicted octanol–water partition coefficient (Wildman–Crippen LogP) is 7.76. The lowest BCUT2D eigenvalue weighted by atomic mass is 9.96. The number of nitrogens with zero attached hydrogens (tertiary/aromatic N) is 2. The lowest BCUT2D eigenvalue weighted by molar-refractivity contribution is -0.0197. The summed E-state index contributed by atoms with van der Waals surface area (Å²) in [4.78, 5) is 0. The van der Waals surface area contributed by atoms with Gasteiger partial charge in [-0.3, -0.25) is 0 Å². The summed E-state index contributed by atoms with van der Waals surface area (Å²) in [5.74, 6) is 0.849. The van der Waals surface area contributed by atoms with Crippen molar-refractivity contribution in [2.75, 3.05) is 0 Å². The van der Waals surface area contributed by atoms with Crippen LogP contribution in [0.5, 0.6) is 5.75 Å². The van der Waals surface area contributed by atoms with Gasteiger partial charge >= 0.3 is 0 Å². The Morgan fingerprint density at radius 1 is 0.931 bits per heavy atom. The highest BCUT2D eigenvalue weighted by Gasteiger charge is 2.41. The monoisotopic (exact) mass is 550 g/mol. The number of ether oxygens (including phenoxy) is 1. The first-order valence-corrected chi connectivity index (χ1v) is 11.4.